The second-order valence-electron chi connectivity index (χ2n) is 14.6. The molecule has 2 aliphatic rings. The Labute approximate surface area is 342 Å². The summed E-state index contributed by atoms with van der Waals surface area (Å²) in [5, 5.41) is 43.8. The molecule has 1 saturated heterocycles. The zero-order valence-electron chi connectivity index (χ0n) is 32.4. The summed E-state index contributed by atoms with van der Waals surface area (Å²) in [7, 11) is 0. The number of alkyl halides is 3. The lowest BCUT2D eigenvalue weighted by Gasteiger charge is -2.22. The number of carbonyl (C=O) groups is 2. The molecule has 4 aromatic heterocycles. The number of anilines is 3. The topological polar surface area (TPSA) is 208 Å². The van der Waals surface area contributed by atoms with Gasteiger partial charge in [0.2, 0.25) is 5.95 Å². The molecular formula is C41H44F3N11O5. The number of hydrogen-bond acceptors (Lipinski definition) is 11. The number of aromatic nitrogens is 7. The van der Waals surface area contributed by atoms with E-state index in [-0.39, 0.29) is 18.0 Å². The van der Waals surface area contributed by atoms with E-state index in [9.17, 15) is 28.2 Å². The molecule has 16 nitrogen and oxygen atoms in total. The molecule has 1 aliphatic heterocycles. The second-order valence-corrected chi connectivity index (χ2v) is 14.6. The van der Waals surface area contributed by atoms with Crippen molar-refractivity contribution >= 4 is 40.6 Å². The van der Waals surface area contributed by atoms with Gasteiger partial charge in [-0.1, -0.05) is 67.6 Å². The normalized spacial score (nSPS) is 20.2. The van der Waals surface area contributed by atoms with Gasteiger partial charge in [-0.15, -0.1) is 0 Å². The minimum atomic E-state index is -5.08. The lowest BCUT2D eigenvalue weighted by molar-refractivity contribution is -0.192. The third kappa shape index (κ3) is 9.47. The molecule has 6 N–H and O–H groups in total. The summed E-state index contributed by atoms with van der Waals surface area (Å²) in [5.74, 6) is -1.67. The molecule has 314 valence electrons. The first kappa shape index (κ1) is 41.6. The third-order valence-electron chi connectivity index (χ3n) is 10.7. The average Bonchev–Trinajstić information content (AvgIpc) is 4.06. The van der Waals surface area contributed by atoms with Gasteiger partial charge in [-0.25, -0.2) is 14.6 Å². The minimum absolute atomic E-state index is 0.0295. The number of urea groups is 1. The van der Waals surface area contributed by atoms with Crippen molar-refractivity contribution in [2.45, 2.75) is 68.6 Å². The Morgan fingerprint density at radius 1 is 0.933 bits per heavy atom. The summed E-state index contributed by atoms with van der Waals surface area (Å²) < 4.78 is 35.4. The lowest BCUT2D eigenvalue weighted by Crippen LogP contribution is -2.40. The summed E-state index contributed by atoms with van der Waals surface area (Å²) in [5.41, 5.74) is 5.17. The maximum absolute atomic E-state index is 12.8. The standard InChI is InChI=1S/C39H43N11O3.C2HF3O2/c1-2-25-20-43-50(22-25)32-19-31(34(51)35(32)52)49-24-42-33-36(41-21-30(26-9-5-3-6-10-26)27-11-7-4-8-12-27)46-38(47-37(33)49)48-18-15-29(23-48)45-39(53)44-28-13-16-40-17-14-28;3-2(4,5)1(6)7/h3-14,16-17,20,22,24,29-32,34-35,51-52H,2,15,18-19,21,23H2,1H3,(H,41,46,47)(H2,40,44,45,53);(H,6,7)/t29-,31-,32+,34+,35-;/m1./s1. The molecule has 0 unspecified atom stereocenters. The third-order valence-corrected chi connectivity index (χ3v) is 10.7. The SMILES string of the molecule is CCc1cnn([C@H]2C[C@@H](n3cnc4c(NCC(c5ccccc5)c5ccccc5)nc(N5CC[C@@H](NC(=O)Nc6ccncc6)C5)nc43)[C@H](O)[C@@H]2O)c1.O=C(O)C(F)(F)F. The Bertz CT molecular complexity index is 2330. The fraction of sp³-hybridized carbons (Fsp3) is 0.341. The summed E-state index contributed by atoms with van der Waals surface area (Å²) in [6.07, 6.45) is 3.47. The van der Waals surface area contributed by atoms with Crippen LogP contribution in [0.1, 0.15) is 54.5 Å². The zero-order chi connectivity index (χ0) is 42.4. The molecule has 6 aromatic rings. The van der Waals surface area contributed by atoms with Gasteiger partial charge in [0.05, 0.1) is 24.6 Å². The monoisotopic (exact) mass is 827 g/mol. The van der Waals surface area contributed by atoms with Gasteiger partial charge >= 0.3 is 18.2 Å². The number of nitrogens with zero attached hydrogens (tertiary/aromatic N) is 8. The van der Waals surface area contributed by atoms with Crippen LogP contribution in [-0.4, -0.2) is 106 Å². The fourth-order valence-electron chi connectivity index (χ4n) is 7.52. The first-order valence-corrected chi connectivity index (χ1v) is 19.4. The van der Waals surface area contributed by atoms with Crippen molar-refractivity contribution in [1.29, 1.82) is 0 Å². The number of imidazole rings is 1. The molecular weight excluding hydrogens is 784 g/mol. The van der Waals surface area contributed by atoms with Crippen LogP contribution in [0.25, 0.3) is 11.2 Å². The van der Waals surface area contributed by atoms with Crippen LogP contribution in [0.15, 0.2) is 104 Å². The fourth-order valence-corrected chi connectivity index (χ4v) is 7.52. The molecule has 60 heavy (non-hydrogen) atoms. The van der Waals surface area contributed by atoms with Crippen molar-refractivity contribution in [3.8, 4) is 0 Å². The van der Waals surface area contributed by atoms with Crippen molar-refractivity contribution in [2.75, 3.05) is 35.2 Å². The predicted octanol–water partition coefficient (Wildman–Crippen LogP) is 5.17. The van der Waals surface area contributed by atoms with E-state index in [4.69, 9.17) is 24.9 Å². The van der Waals surface area contributed by atoms with E-state index in [1.807, 2.05) is 47.2 Å². The summed E-state index contributed by atoms with van der Waals surface area (Å²) >= 11 is 0. The number of rotatable bonds is 11. The zero-order valence-corrected chi connectivity index (χ0v) is 32.4. The molecule has 2 amide bonds. The molecule has 19 heteroatoms. The van der Waals surface area contributed by atoms with Gasteiger partial charge in [0, 0.05) is 55.9 Å². The molecule has 2 aromatic carbocycles. The van der Waals surface area contributed by atoms with E-state index in [1.54, 1.807) is 41.7 Å². The molecule has 0 radical (unpaired) electrons. The van der Waals surface area contributed by atoms with Crippen molar-refractivity contribution < 1.29 is 38.1 Å². The lowest BCUT2D eigenvalue weighted by atomic mass is 9.91. The number of aryl methyl sites for hydroxylation is 1. The summed E-state index contributed by atoms with van der Waals surface area (Å²) in [6.45, 7) is 3.73. The van der Waals surface area contributed by atoms with E-state index in [2.05, 4.69) is 62.1 Å². The number of aliphatic hydroxyl groups is 2. The quantitative estimate of drug-likeness (QED) is 0.100. The van der Waals surface area contributed by atoms with Gasteiger partial charge in [0.25, 0.3) is 0 Å². The van der Waals surface area contributed by atoms with Crippen LogP contribution in [0.5, 0.6) is 0 Å². The van der Waals surface area contributed by atoms with Gasteiger partial charge < -0.3 is 40.7 Å². The maximum atomic E-state index is 12.8. The van der Waals surface area contributed by atoms with Crippen LogP contribution in [0.4, 0.5) is 35.4 Å². The number of benzene rings is 2. The van der Waals surface area contributed by atoms with Crippen molar-refractivity contribution in [1.82, 2.24) is 39.6 Å². The molecule has 1 saturated carbocycles. The highest BCUT2D eigenvalue weighted by Gasteiger charge is 2.45. The first-order chi connectivity index (χ1) is 28.9. The number of fused-ring (bicyclic) bond motifs is 1. The predicted molar refractivity (Wildman–Crippen MR) is 216 cm³/mol. The van der Waals surface area contributed by atoms with Crippen LogP contribution in [0.2, 0.25) is 0 Å². The number of aliphatic hydroxyl groups excluding tert-OH is 2. The van der Waals surface area contributed by atoms with Gasteiger partial charge in [-0.3, -0.25) is 9.67 Å². The van der Waals surface area contributed by atoms with E-state index in [0.29, 0.717) is 61.1 Å². The molecule has 2 fully saturated rings. The Hall–Kier alpha value is -6.60. The molecule has 5 heterocycles. The largest absolute Gasteiger partial charge is 0.490 e. The number of aliphatic carboxylic acids is 1. The maximum Gasteiger partial charge on any atom is 0.490 e. The number of carboxylic acid groups (broad SMARTS) is 1. The van der Waals surface area contributed by atoms with Crippen molar-refractivity contribution in [3.63, 3.8) is 0 Å². The molecule has 1 aliphatic carbocycles. The van der Waals surface area contributed by atoms with Gasteiger partial charge in [-0.2, -0.15) is 28.2 Å². The van der Waals surface area contributed by atoms with Crippen molar-refractivity contribution in [2.24, 2.45) is 0 Å². The van der Waals surface area contributed by atoms with E-state index in [0.717, 1.165) is 12.0 Å². The van der Waals surface area contributed by atoms with Gasteiger partial charge in [0.15, 0.2) is 17.0 Å². The van der Waals surface area contributed by atoms with Crippen LogP contribution in [0, 0.1) is 0 Å². The highest BCUT2D eigenvalue weighted by Crippen LogP contribution is 2.40. The van der Waals surface area contributed by atoms with Crippen molar-refractivity contribution in [3.05, 3.63) is 121 Å². The molecule has 8 rings (SSSR count). The molecule has 5 atom stereocenters. The van der Waals surface area contributed by atoms with Crippen LogP contribution in [0.3, 0.4) is 0 Å². The number of pyridine rings is 1. The number of carboxylic acids is 1. The minimum Gasteiger partial charge on any atom is -0.475 e. The number of halogens is 3. The van der Waals surface area contributed by atoms with Crippen LogP contribution < -0.4 is 20.9 Å². The number of carbonyl (C=O) groups excluding carboxylic acids is 1. The Morgan fingerprint density at radius 2 is 1.58 bits per heavy atom. The van der Waals surface area contributed by atoms with E-state index >= 15 is 0 Å². The number of nitrogens with one attached hydrogen (secondary N) is 3. The number of hydrogen-bond donors (Lipinski definition) is 6. The summed E-state index contributed by atoms with van der Waals surface area (Å²) in [4.78, 5) is 42.7. The average molecular weight is 828 g/mol. The molecule has 0 bridgehead atoms. The second kappa shape index (κ2) is 18.1. The Balaban J connectivity index is 0.000000716. The highest BCUT2D eigenvalue weighted by atomic mass is 19.4. The van der Waals surface area contributed by atoms with E-state index < -0.39 is 36.4 Å². The van der Waals surface area contributed by atoms with Crippen LogP contribution in [-0.2, 0) is 11.2 Å². The smallest absolute Gasteiger partial charge is 0.475 e. The molecule has 0 spiro atoms. The van der Waals surface area contributed by atoms with Gasteiger partial charge in [-0.05, 0) is 48.1 Å². The van der Waals surface area contributed by atoms with Crippen LogP contribution >= 0.6 is 0 Å². The number of amides is 2. The first-order valence-electron chi connectivity index (χ1n) is 19.4. The summed E-state index contributed by atoms with van der Waals surface area (Å²) in [6, 6.07) is 22.9. The van der Waals surface area contributed by atoms with Gasteiger partial charge in [0.1, 0.15) is 12.2 Å². The highest BCUT2D eigenvalue weighted by molar-refractivity contribution is 5.89. The Morgan fingerprint density at radius 3 is 2.20 bits per heavy atom. The Kier molecular flexibility index (Phi) is 12.6. The van der Waals surface area contributed by atoms with E-state index in [1.165, 1.54) is 11.1 Å².